The average molecular weight is 176 g/mol. The van der Waals surface area contributed by atoms with Crippen LogP contribution in [-0.4, -0.2) is 21.3 Å². The summed E-state index contributed by atoms with van der Waals surface area (Å²) in [7, 11) is 0. The van der Waals surface area contributed by atoms with Crippen LogP contribution in [0.1, 0.15) is 40.0 Å². The molecule has 3 N–H and O–H groups in total. The van der Waals surface area contributed by atoms with Crippen molar-refractivity contribution in [1.29, 1.82) is 0 Å². The highest BCUT2D eigenvalue weighted by Crippen LogP contribution is 2.19. The van der Waals surface area contributed by atoms with Crippen molar-refractivity contribution in [3.63, 3.8) is 0 Å². The predicted octanol–water partition coefficient (Wildman–Crippen LogP) is 1.08. The minimum absolute atomic E-state index is 0.476. The van der Waals surface area contributed by atoms with E-state index in [9.17, 15) is 0 Å². The Morgan fingerprint density at radius 1 is 1.00 bits per heavy atom. The van der Waals surface area contributed by atoms with Crippen LogP contribution in [0, 0.1) is 11.8 Å². The van der Waals surface area contributed by atoms with Crippen LogP contribution >= 0.6 is 0 Å². The van der Waals surface area contributed by atoms with Gasteiger partial charge in [0.2, 0.25) is 0 Å². The van der Waals surface area contributed by atoms with Crippen LogP contribution in [0.2, 0.25) is 0 Å². The molecule has 0 aromatic heterocycles. The molecule has 0 saturated carbocycles. The summed E-state index contributed by atoms with van der Waals surface area (Å²) in [5.41, 5.74) is 0. The summed E-state index contributed by atoms with van der Waals surface area (Å²) in [5, 5.41) is 26.3. The van der Waals surface area contributed by atoms with E-state index in [1.165, 1.54) is 0 Å². The normalized spacial score (nSPS) is 15.2. The summed E-state index contributed by atoms with van der Waals surface area (Å²) >= 11 is 0. The third kappa shape index (κ3) is 5.52. The third-order valence-corrected chi connectivity index (χ3v) is 2.08. The maximum atomic E-state index is 8.76. The van der Waals surface area contributed by atoms with Crippen LogP contribution in [-0.2, 0) is 0 Å². The lowest BCUT2D eigenvalue weighted by Crippen LogP contribution is -2.35. The second kappa shape index (κ2) is 4.80. The van der Waals surface area contributed by atoms with Gasteiger partial charge in [0.25, 0.3) is 5.97 Å². The van der Waals surface area contributed by atoms with Gasteiger partial charge < -0.3 is 15.3 Å². The molecule has 3 nitrogen and oxygen atoms in total. The summed E-state index contributed by atoms with van der Waals surface area (Å²) < 4.78 is 0. The molecular formula is C9H20O3. The van der Waals surface area contributed by atoms with Crippen molar-refractivity contribution >= 4 is 0 Å². The van der Waals surface area contributed by atoms with E-state index in [0.29, 0.717) is 12.3 Å². The first kappa shape index (κ1) is 11.9. The first-order valence-corrected chi connectivity index (χ1v) is 4.51. The Morgan fingerprint density at radius 3 is 1.83 bits per heavy atom. The minimum atomic E-state index is -2.50. The summed E-state index contributed by atoms with van der Waals surface area (Å²) in [6.45, 7) is 5.86. The molecule has 0 aromatic carbocycles. The summed E-state index contributed by atoms with van der Waals surface area (Å²) in [5.74, 6) is -2.35. The van der Waals surface area contributed by atoms with Gasteiger partial charge >= 0.3 is 0 Å². The zero-order valence-corrected chi connectivity index (χ0v) is 8.12. The van der Waals surface area contributed by atoms with Gasteiger partial charge in [-0.25, -0.2) is 0 Å². The van der Waals surface area contributed by atoms with E-state index < -0.39 is 11.9 Å². The molecule has 1 atom stereocenters. The molecule has 0 aliphatic heterocycles. The van der Waals surface area contributed by atoms with Crippen LogP contribution in [0.25, 0.3) is 0 Å². The van der Waals surface area contributed by atoms with E-state index in [4.69, 9.17) is 15.3 Å². The molecule has 0 radical (unpaired) electrons. The van der Waals surface area contributed by atoms with Gasteiger partial charge in [0.1, 0.15) is 0 Å². The van der Waals surface area contributed by atoms with Gasteiger partial charge in [-0.2, -0.15) is 0 Å². The lowest BCUT2D eigenvalue weighted by molar-refractivity contribution is -0.340. The second-order valence-corrected chi connectivity index (χ2v) is 3.91. The van der Waals surface area contributed by atoms with Crippen molar-refractivity contribution in [2.24, 2.45) is 11.8 Å². The van der Waals surface area contributed by atoms with Crippen molar-refractivity contribution in [3.8, 4) is 0 Å². The van der Waals surface area contributed by atoms with Gasteiger partial charge in [0, 0.05) is 5.92 Å². The molecule has 0 aliphatic carbocycles. The van der Waals surface area contributed by atoms with Crippen LogP contribution in [0.4, 0.5) is 0 Å². The molecule has 0 spiro atoms. The molecule has 0 bridgehead atoms. The molecule has 0 heterocycles. The smallest absolute Gasteiger partial charge is 0.277 e. The largest absolute Gasteiger partial charge is 0.343 e. The predicted molar refractivity (Wildman–Crippen MR) is 47.2 cm³/mol. The maximum Gasteiger partial charge on any atom is 0.277 e. The first-order chi connectivity index (χ1) is 5.34. The molecular weight excluding hydrogens is 156 g/mol. The van der Waals surface area contributed by atoms with Gasteiger partial charge in [0.15, 0.2) is 0 Å². The summed E-state index contributed by atoms with van der Waals surface area (Å²) in [4.78, 5) is 0. The molecule has 0 amide bonds. The third-order valence-electron chi connectivity index (χ3n) is 2.08. The number of hydrogen-bond acceptors (Lipinski definition) is 3. The topological polar surface area (TPSA) is 60.7 Å². The minimum Gasteiger partial charge on any atom is -0.343 e. The first-order valence-electron chi connectivity index (χ1n) is 4.51. The van der Waals surface area contributed by atoms with Gasteiger partial charge in [-0.3, -0.25) is 0 Å². The van der Waals surface area contributed by atoms with E-state index >= 15 is 0 Å². The van der Waals surface area contributed by atoms with E-state index in [2.05, 4.69) is 13.8 Å². The number of hydrogen-bond donors (Lipinski definition) is 3. The van der Waals surface area contributed by atoms with Gasteiger partial charge in [0.05, 0.1) is 0 Å². The fourth-order valence-corrected chi connectivity index (χ4v) is 1.03. The second-order valence-electron chi connectivity index (χ2n) is 3.91. The molecule has 0 aliphatic rings. The van der Waals surface area contributed by atoms with Gasteiger partial charge in [-0.15, -0.1) is 0 Å². The molecule has 0 aromatic rings. The SMILES string of the molecule is CC(C)CCCC(C)C(O)(O)O. The van der Waals surface area contributed by atoms with Gasteiger partial charge in [-0.1, -0.05) is 33.6 Å². The number of rotatable bonds is 5. The van der Waals surface area contributed by atoms with E-state index in [1.54, 1.807) is 6.92 Å². The zero-order valence-electron chi connectivity index (χ0n) is 8.12. The zero-order chi connectivity index (χ0) is 9.78. The lowest BCUT2D eigenvalue weighted by Gasteiger charge is -2.22. The van der Waals surface area contributed by atoms with Crippen molar-refractivity contribution in [3.05, 3.63) is 0 Å². The standard InChI is InChI=1S/C9H20O3/c1-7(2)5-4-6-8(3)9(10,11)12/h7-8,10-12H,4-6H2,1-3H3. The van der Waals surface area contributed by atoms with Gasteiger partial charge in [-0.05, 0) is 12.3 Å². The van der Waals surface area contributed by atoms with E-state index in [1.807, 2.05) is 0 Å². The van der Waals surface area contributed by atoms with Crippen LogP contribution in [0.3, 0.4) is 0 Å². The highest BCUT2D eigenvalue weighted by Gasteiger charge is 2.26. The monoisotopic (exact) mass is 176 g/mol. The van der Waals surface area contributed by atoms with Crippen LogP contribution in [0.15, 0.2) is 0 Å². The average Bonchev–Trinajstić information content (AvgIpc) is 1.84. The highest BCUT2D eigenvalue weighted by atomic mass is 16.7. The Bertz CT molecular complexity index is 115. The Balaban J connectivity index is 3.51. The van der Waals surface area contributed by atoms with Crippen molar-refractivity contribution in [2.75, 3.05) is 0 Å². The Kier molecular flexibility index (Phi) is 4.75. The van der Waals surface area contributed by atoms with Crippen molar-refractivity contribution in [2.45, 2.75) is 46.0 Å². The molecule has 12 heavy (non-hydrogen) atoms. The molecule has 0 fully saturated rings. The Labute approximate surface area is 74.0 Å². The fourth-order valence-electron chi connectivity index (χ4n) is 1.03. The van der Waals surface area contributed by atoms with Crippen LogP contribution in [0.5, 0.6) is 0 Å². The summed E-state index contributed by atoms with van der Waals surface area (Å²) in [6.07, 6.45) is 2.62. The van der Waals surface area contributed by atoms with E-state index in [0.717, 1.165) is 12.8 Å². The molecule has 3 heteroatoms. The van der Waals surface area contributed by atoms with Crippen molar-refractivity contribution < 1.29 is 15.3 Å². The number of aliphatic hydroxyl groups is 3. The molecule has 0 rings (SSSR count). The summed E-state index contributed by atoms with van der Waals surface area (Å²) in [6, 6.07) is 0. The van der Waals surface area contributed by atoms with Crippen LogP contribution < -0.4 is 0 Å². The lowest BCUT2D eigenvalue weighted by atomic mass is 9.98. The van der Waals surface area contributed by atoms with E-state index in [-0.39, 0.29) is 0 Å². The Morgan fingerprint density at radius 2 is 1.50 bits per heavy atom. The van der Waals surface area contributed by atoms with Crippen molar-refractivity contribution in [1.82, 2.24) is 0 Å². The fraction of sp³-hybridized carbons (Fsp3) is 1.00. The Hall–Kier alpha value is -0.120. The molecule has 74 valence electrons. The molecule has 1 unspecified atom stereocenters. The highest BCUT2D eigenvalue weighted by molar-refractivity contribution is 4.60. The maximum absolute atomic E-state index is 8.76. The molecule has 0 saturated heterocycles. The quantitative estimate of drug-likeness (QED) is 0.549.